The van der Waals surface area contributed by atoms with Crippen LogP contribution >= 0.6 is 0 Å². The molecule has 1 aromatic carbocycles. The molecule has 1 aliphatic rings. The maximum Gasteiger partial charge on any atom is 0.221 e. The Hall–Kier alpha value is -2.30. The number of anilines is 3. The SMILES string of the molecule is CC(=O)Nc1ccc(Nc2nccn2C2CCCC2)cc1. The van der Waals surface area contributed by atoms with Gasteiger partial charge in [0.15, 0.2) is 0 Å². The summed E-state index contributed by atoms with van der Waals surface area (Å²) in [5, 5.41) is 6.11. The Balaban J connectivity index is 1.71. The molecule has 5 nitrogen and oxygen atoms in total. The van der Waals surface area contributed by atoms with Crippen LogP contribution < -0.4 is 10.6 Å². The molecule has 1 heterocycles. The Labute approximate surface area is 124 Å². The van der Waals surface area contributed by atoms with Crippen LogP contribution in [0.2, 0.25) is 0 Å². The third kappa shape index (κ3) is 3.24. The molecule has 1 fully saturated rings. The van der Waals surface area contributed by atoms with Crippen LogP contribution in [-0.4, -0.2) is 15.5 Å². The second kappa shape index (κ2) is 5.99. The van der Waals surface area contributed by atoms with Crippen LogP contribution in [0, 0.1) is 0 Å². The highest BCUT2D eigenvalue weighted by atomic mass is 16.1. The smallest absolute Gasteiger partial charge is 0.221 e. The number of nitrogens with zero attached hydrogens (tertiary/aromatic N) is 2. The Kier molecular flexibility index (Phi) is 3.90. The zero-order chi connectivity index (χ0) is 14.7. The van der Waals surface area contributed by atoms with Crippen LogP contribution in [0.5, 0.6) is 0 Å². The summed E-state index contributed by atoms with van der Waals surface area (Å²) < 4.78 is 2.23. The lowest BCUT2D eigenvalue weighted by Gasteiger charge is -2.15. The lowest BCUT2D eigenvalue weighted by atomic mass is 10.2. The minimum absolute atomic E-state index is 0.0625. The van der Waals surface area contributed by atoms with Gasteiger partial charge < -0.3 is 15.2 Å². The van der Waals surface area contributed by atoms with E-state index in [-0.39, 0.29) is 5.91 Å². The van der Waals surface area contributed by atoms with Crippen molar-refractivity contribution in [2.24, 2.45) is 0 Å². The Bertz CT molecular complexity index is 611. The third-order valence-electron chi connectivity index (χ3n) is 3.85. The molecule has 0 aliphatic heterocycles. The van der Waals surface area contributed by atoms with Crippen molar-refractivity contribution in [1.82, 2.24) is 9.55 Å². The van der Waals surface area contributed by atoms with Crippen LogP contribution in [0.1, 0.15) is 38.6 Å². The van der Waals surface area contributed by atoms with E-state index in [9.17, 15) is 4.79 Å². The van der Waals surface area contributed by atoms with Crippen molar-refractivity contribution in [1.29, 1.82) is 0 Å². The fraction of sp³-hybridized carbons (Fsp3) is 0.375. The minimum atomic E-state index is -0.0625. The zero-order valence-electron chi connectivity index (χ0n) is 12.2. The first kappa shape index (κ1) is 13.7. The minimum Gasteiger partial charge on any atom is -0.326 e. The molecular formula is C16H20N4O. The van der Waals surface area contributed by atoms with Gasteiger partial charge in [-0.15, -0.1) is 0 Å². The summed E-state index contributed by atoms with van der Waals surface area (Å²) in [6, 6.07) is 8.21. The van der Waals surface area contributed by atoms with Gasteiger partial charge in [0, 0.05) is 36.7 Å². The highest BCUT2D eigenvalue weighted by Crippen LogP contribution is 2.32. The van der Waals surface area contributed by atoms with E-state index in [1.807, 2.05) is 36.7 Å². The second-order valence-corrected chi connectivity index (χ2v) is 5.48. The molecule has 0 bridgehead atoms. The fourth-order valence-corrected chi connectivity index (χ4v) is 2.86. The predicted octanol–water partition coefficient (Wildman–Crippen LogP) is 3.70. The van der Waals surface area contributed by atoms with Crippen molar-refractivity contribution in [3.05, 3.63) is 36.7 Å². The summed E-state index contributed by atoms with van der Waals surface area (Å²) in [4.78, 5) is 15.4. The third-order valence-corrected chi connectivity index (χ3v) is 3.85. The monoisotopic (exact) mass is 284 g/mol. The van der Waals surface area contributed by atoms with Crippen LogP contribution in [0.4, 0.5) is 17.3 Å². The number of hydrogen-bond acceptors (Lipinski definition) is 3. The van der Waals surface area contributed by atoms with Gasteiger partial charge in [0.1, 0.15) is 0 Å². The maximum atomic E-state index is 11.0. The van der Waals surface area contributed by atoms with E-state index >= 15 is 0 Å². The number of rotatable bonds is 4. The summed E-state index contributed by atoms with van der Waals surface area (Å²) in [6.45, 7) is 1.50. The maximum absolute atomic E-state index is 11.0. The summed E-state index contributed by atoms with van der Waals surface area (Å²) in [5.74, 6) is 0.821. The van der Waals surface area contributed by atoms with Crippen molar-refractivity contribution in [3.63, 3.8) is 0 Å². The molecule has 1 saturated carbocycles. The fourth-order valence-electron chi connectivity index (χ4n) is 2.86. The van der Waals surface area contributed by atoms with Gasteiger partial charge in [-0.1, -0.05) is 12.8 Å². The highest BCUT2D eigenvalue weighted by molar-refractivity contribution is 5.88. The van der Waals surface area contributed by atoms with E-state index in [0.717, 1.165) is 17.3 Å². The molecule has 5 heteroatoms. The molecule has 0 spiro atoms. The topological polar surface area (TPSA) is 59.0 Å². The number of amides is 1. The van der Waals surface area contributed by atoms with Crippen LogP contribution in [0.25, 0.3) is 0 Å². The first-order valence-corrected chi connectivity index (χ1v) is 7.40. The van der Waals surface area contributed by atoms with E-state index in [1.165, 1.54) is 32.6 Å². The van der Waals surface area contributed by atoms with E-state index in [1.54, 1.807) is 0 Å². The largest absolute Gasteiger partial charge is 0.326 e. The summed E-state index contributed by atoms with van der Waals surface area (Å²) in [7, 11) is 0. The molecule has 0 saturated heterocycles. The molecule has 2 aromatic rings. The van der Waals surface area contributed by atoms with E-state index in [0.29, 0.717) is 6.04 Å². The van der Waals surface area contributed by atoms with Crippen LogP contribution in [0.3, 0.4) is 0 Å². The molecule has 2 N–H and O–H groups in total. The molecule has 1 amide bonds. The number of carbonyl (C=O) groups is 1. The lowest BCUT2D eigenvalue weighted by molar-refractivity contribution is -0.114. The summed E-state index contributed by atoms with van der Waals surface area (Å²) in [5.41, 5.74) is 1.77. The van der Waals surface area contributed by atoms with Crippen molar-refractivity contribution in [2.45, 2.75) is 38.6 Å². The van der Waals surface area contributed by atoms with Crippen molar-refractivity contribution in [2.75, 3.05) is 10.6 Å². The van der Waals surface area contributed by atoms with Gasteiger partial charge in [0.25, 0.3) is 0 Å². The van der Waals surface area contributed by atoms with Gasteiger partial charge in [0.05, 0.1) is 0 Å². The average molecular weight is 284 g/mol. The van der Waals surface area contributed by atoms with Gasteiger partial charge in [-0.3, -0.25) is 4.79 Å². The average Bonchev–Trinajstić information content (AvgIpc) is 3.11. The first-order chi connectivity index (χ1) is 10.2. The zero-order valence-corrected chi connectivity index (χ0v) is 12.2. The van der Waals surface area contributed by atoms with Gasteiger partial charge in [0.2, 0.25) is 11.9 Å². The molecule has 0 radical (unpaired) electrons. The van der Waals surface area contributed by atoms with Crippen LogP contribution in [-0.2, 0) is 4.79 Å². The van der Waals surface area contributed by atoms with Gasteiger partial charge in [-0.2, -0.15) is 0 Å². The number of imidazole rings is 1. The number of hydrogen-bond donors (Lipinski definition) is 2. The first-order valence-electron chi connectivity index (χ1n) is 7.40. The Morgan fingerprint density at radius 2 is 1.86 bits per heavy atom. The van der Waals surface area contributed by atoms with Crippen molar-refractivity contribution in [3.8, 4) is 0 Å². The molecule has 1 aromatic heterocycles. The Morgan fingerprint density at radius 1 is 1.19 bits per heavy atom. The highest BCUT2D eigenvalue weighted by Gasteiger charge is 2.19. The summed E-state index contributed by atoms with van der Waals surface area (Å²) >= 11 is 0. The van der Waals surface area contributed by atoms with E-state index < -0.39 is 0 Å². The number of carbonyl (C=O) groups excluding carboxylic acids is 1. The lowest BCUT2D eigenvalue weighted by Crippen LogP contribution is -2.08. The quantitative estimate of drug-likeness (QED) is 0.900. The number of nitrogens with one attached hydrogen (secondary N) is 2. The Morgan fingerprint density at radius 3 is 2.52 bits per heavy atom. The second-order valence-electron chi connectivity index (χ2n) is 5.48. The van der Waals surface area contributed by atoms with Crippen molar-refractivity contribution < 1.29 is 4.79 Å². The van der Waals surface area contributed by atoms with E-state index in [2.05, 4.69) is 20.2 Å². The molecular weight excluding hydrogens is 264 g/mol. The number of benzene rings is 1. The molecule has 1 aliphatic carbocycles. The normalized spacial score (nSPS) is 15.1. The standard InChI is InChI=1S/C16H20N4O/c1-12(21)18-13-6-8-14(9-7-13)19-16-17-10-11-20(16)15-4-2-3-5-15/h6-11,15H,2-5H2,1H3,(H,17,19)(H,18,21). The molecule has 3 rings (SSSR count). The molecule has 21 heavy (non-hydrogen) atoms. The summed E-state index contributed by atoms with van der Waals surface area (Å²) in [6.07, 6.45) is 8.94. The molecule has 0 atom stereocenters. The van der Waals surface area contributed by atoms with Gasteiger partial charge in [-0.25, -0.2) is 4.98 Å². The predicted molar refractivity (Wildman–Crippen MR) is 83.8 cm³/mol. The van der Waals surface area contributed by atoms with Crippen LogP contribution in [0.15, 0.2) is 36.7 Å². The van der Waals surface area contributed by atoms with Gasteiger partial charge in [-0.05, 0) is 37.1 Å². The van der Waals surface area contributed by atoms with Crippen molar-refractivity contribution >= 4 is 23.2 Å². The molecule has 0 unspecified atom stereocenters. The van der Waals surface area contributed by atoms with E-state index in [4.69, 9.17) is 0 Å². The number of aromatic nitrogens is 2. The van der Waals surface area contributed by atoms with Gasteiger partial charge >= 0.3 is 0 Å². The molecule has 110 valence electrons.